The second-order valence-electron chi connectivity index (χ2n) is 9.47. The molecule has 1 atom stereocenters. The molecule has 0 aromatic heterocycles. The van der Waals surface area contributed by atoms with E-state index in [1.807, 2.05) is 44.2 Å². The predicted octanol–water partition coefficient (Wildman–Crippen LogP) is 6.97. The highest BCUT2D eigenvalue weighted by molar-refractivity contribution is 5.95. The molecule has 1 aliphatic heterocycles. The van der Waals surface area contributed by atoms with Crippen molar-refractivity contribution in [3.8, 4) is 5.75 Å². The number of rotatable bonds is 9. The summed E-state index contributed by atoms with van der Waals surface area (Å²) in [7, 11) is 0. The number of carbonyl (C=O) groups excluding carboxylic acids is 1. The van der Waals surface area contributed by atoms with Crippen LogP contribution in [0.25, 0.3) is 10.8 Å². The number of benzene rings is 3. The van der Waals surface area contributed by atoms with Crippen LogP contribution in [-0.4, -0.2) is 24.0 Å². The lowest BCUT2D eigenvalue weighted by molar-refractivity contribution is -0.385. The normalized spacial score (nSPS) is 15.2. The van der Waals surface area contributed by atoms with Crippen molar-refractivity contribution in [2.24, 2.45) is 0 Å². The molecule has 0 bridgehead atoms. The summed E-state index contributed by atoms with van der Waals surface area (Å²) < 4.78 is 11.7. The fraction of sp³-hybridized carbons (Fsp3) is 0.300. The van der Waals surface area contributed by atoms with Gasteiger partial charge in [-0.05, 0) is 48.4 Å². The molecule has 1 unspecified atom stereocenters. The van der Waals surface area contributed by atoms with Crippen molar-refractivity contribution in [1.29, 1.82) is 0 Å². The number of esters is 1. The molecule has 0 aliphatic carbocycles. The number of allylic oxidation sites excluding steroid dienone is 2. The first-order valence-corrected chi connectivity index (χ1v) is 12.5. The quantitative estimate of drug-likeness (QED) is 0.179. The smallest absolute Gasteiger partial charge is 0.307 e. The standard InChI is InChI=1S/C30H32N2O5/c1-6-16-31-26-15-13-22-10-8-9-11-24(22)29(26)37-27(31)17-21(4)30(5,19-28(33)36-7-2)25-18-23(32(34)35)14-12-20(25)3/h8-15,17-18H,4,6-7,16,19H2,1-3,5H3/b27-17-. The third kappa shape index (κ3) is 4.94. The van der Waals surface area contributed by atoms with Gasteiger partial charge in [0.2, 0.25) is 5.88 Å². The minimum absolute atomic E-state index is 0.0187. The van der Waals surface area contributed by atoms with E-state index in [2.05, 4.69) is 30.5 Å². The summed E-state index contributed by atoms with van der Waals surface area (Å²) in [6.45, 7) is 12.9. The van der Waals surface area contributed by atoms with Crippen LogP contribution in [0.1, 0.15) is 44.7 Å². The summed E-state index contributed by atoms with van der Waals surface area (Å²) in [5.41, 5.74) is 2.03. The summed E-state index contributed by atoms with van der Waals surface area (Å²) in [6.07, 6.45) is 2.72. The topological polar surface area (TPSA) is 81.9 Å². The molecule has 7 nitrogen and oxygen atoms in total. The summed E-state index contributed by atoms with van der Waals surface area (Å²) in [6, 6.07) is 16.9. The van der Waals surface area contributed by atoms with Gasteiger partial charge in [-0.3, -0.25) is 14.9 Å². The van der Waals surface area contributed by atoms with Crippen LogP contribution >= 0.6 is 0 Å². The van der Waals surface area contributed by atoms with Gasteiger partial charge in [0.05, 0.1) is 23.6 Å². The zero-order valence-corrected chi connectivity index (χ0v) is 21.7. The number of hydrogen-bond donors (Lipinski definition) is 0. The summed E-state index contributed by atoms with van der Waals surface area (Å²) in [5.74, 6) is 0.989. The van der Waals surface area contributed by atoms with E-state index in [4.69, 9.17) is 9.47 Å². The van der Waals surface area contributed by atoms with Crippen LogP contribution in [0.5, 0.6) is 5.75 Å². The zero-order valence-electron chi connectivity index (χ0n) is 21.7. The SMILES string of the molecule is C=C(/C=C1\Oc2c(ccc3ccccc23)N1CCC)C(C)(CC(=O)OCC)c1cc([N+](=O)[O-])ccc1C. The van der Waals surface area contributed by atoms with Crippen LogP contribution in [0.3, 0.4) is 0 Å². The maximum absolute atomic E-state index is 12.7. The molecular formula is C30H32N2O5. The molecule has 0 saturated carbocycles. The lowest BCUT2D eigenvalue weighted by Crippen LogP contribution is -2.30. The molecule has 0 radical (unpaired) electrons. The van der Waals surface area contributed by atoms with Crippen LogP contribution in [-0.2, 0) is 14.9 Å². The number of ether oxygens (including phenoxy) is 2. The number of fused-ring (bicyclic) bond motifs is 3. The van der Waals surface area contributed by atoms with E-state index in [9.17, 15) is 14.9 Å². The number of anilines is 1. The Morgan fingerprint density at radius 3 is 2.65 bits per heavy atom. The van der Waals surface area contributed by atoms with Gasteiger partial charge in [0, 0.05) is 35.6 Å². The number of non-ortho nitro benzene ring substituents is 1. The predicted molar refractivity (Wildman–Crippen MR) is 146 cm³/mol. The summed E-state index contributed by atoms with van der Waals surface area (Å²) in [5, 5.41) is 13.7. The number of nitrogens with zero attached hydrogens (tertiary/aromatic N) is 2. The molecule has 37 heavy (non-hydrogen) atoms. The maximum Gasteiger partial charge on any atom is 0.307 e. The Labute approximate surface area is 217 Å². The Hall–Kier alpha value is -4.13. The fourth-order valence-electron chi connectivity index (χ4n) is 4.90. The second-order valence-corrected chi connectivity index (χ2v) is 9.47. The van der Waals surface area contributed by atoms with E-state index >= 15 is 0 Å². The van der Waals surface area contributed by atoms with Crippen LogP contribution in [0.4, 0.5) is 11.4 Å². The molecule has 3 aromatic carbocycles. The van der Waals surface area contributed by atoms with Crippen LogP contribution < -0.4 is 9.64 Å². The summed E-state index contributed by atoms with van der Waals surface area (Å²) >= 11 is 0. The third-order valence-corrected chi connectivity index (χ3v) is 6.91. The zero-order chi connectivity index (χ0) is 26.7. The molecule has 3 aromatic rings. The first-order chi connectivity index (χ1) is 17.7. The molecule has 192 valence electrons. The van der Waals surface area contributed by atoms with E-state index in [0.29, 0.717) is 17.0 Å². The van der Waals surface area contributed by atoms with Crippen molar-refractivity contribution in [2.45, 2.75) is 46.0 Å². The average Bonchev–Trinajstić information content (AvgIpc) is 3.21. The molecule has 4 rings (SSSR count). The van der Waals surface area contributed by atoms with Crippen LogP contribution in [0, 0.1) is 17.0 Å². The first kappa shape index (κ1) is 25.9. The first-order valence-electron chi connectivity index (χ1n) is 12.5. The maximum atomic E-state index is 12.7. The van der Waals surface area contributed by atoms with E-state index in [1.54, 1.807) is 13.0 Å². The number of hydrogen-bond acceptors (Lipinski definition) is 6. The molecule has 1 aliphatic rings. The average molecular weight is 501 g/mol. The fourth-order valence-corrected chi connectivity index (χ4v) is 4.90. The van der Waals surface area contributed by atoms with E-state index in [1.165, 1.54) is 12.1 Å². The Bertz CT molecular complexity index is 1410. The van der Waals surface area contributed by atoms with Gasteiger partial charge in [-0.2, -0.15) is 0 Å². The Kier molecular flexibility index (Phi) is 7.34. The Balaban J connectivity index is 1.82. The van der Waals surface area contributed by atoms with Gasteiger partial charge < -0.3 is 14.4 Å². The lowest BCUT2D eigenvalue weighted by Gasteiger charge is -2.32. The number of carbonyl (C=O) groups is 1. The van der Waals surface area contributed by atoms with E-state index in [-0.39, 0.29) is 18.7 Å². The van der Waals surface area contributed by atoms with Gasteiger partial charge in [-0.1, -0.05) is 56.8 Å². The second kappa shape index (κ2) is 10.5. The van der Waals surface area contributed by atoms with Gasteiger partial charge >= 0.3 is 5.97 Å². The molecule has 0 N–H and O–H groups in total. The van der Waals surface area contributed by atoms with Gasteiger partial charge in [-0.25, -0.2) is 0 Å². The largest absolute Gasteiger partial charge is 0.466 e. The van der Waals surface area contributed by atoms with Crippen molar-refractivity contribution in [3.05, 3.63) is 99.9 Å². The lowest BCUT2D eigenvalue weighted by atomic mass is 9.72. The van der Waals surface area contributed by atoms with Crippen molar-refractivity contribution < 1.29 is 19.2 Å². The van der Waals surface area contributed by atoms with Crippen LogP contribution in [0.15, 0.2) is 78.7 Å². The van der Waals surface area contributed by atoms with Gasteiger partial charge in [0.1, 0.15) is 0 Å². The highest BCUT2D eigenvalue weighted by atomic mass is 16.6. The van der Waals surface area contributed by atoms with Gasteiger partial charge in [0.15, 0.2) is 5.75 Å². The number of nitro benzene ring substituents is 1. The minimum Gasteiger partial charge on any atom is -0.466 e. The molecular weight excluding hydrogens is 468 g/mol. The van der Waals surface area contributed by atoms with Crippen molar-refractivity contribution in [2.75, 3.05) is 18.1 Å². The molecule has 7 heteroatoms. The molecule has 0 amide bonds. The van der Waals surface area contributed by atoms with Gasteiger partial charge in [-0.15, -0.1) is 0 Å². The third-order valence-electron chi connectivity index (χ3n) is 6.91. The van der Waals surface area contributed by atoms with Crippen molar-refractivity contribution in [3.63, 3.8) is 0 Å². The van der Waals surface area contributed by atoms with Crippen LogP contribution in [0.2, 0.25) is 0 Å². The molecule has 0 saturated heterocycles. The molecule has 0 fully saturated rings. The van der Waals surface area contributed by atoms with E-state index in [0.717, 1.165) is 40.7 Å². The molecule has 0 spiro atoms. The highest BCUT2D eigenvalue weighted by Gasteiger charge is 2.37. The monoisotopic (exact) mass is 500 g/mol. The Morgan fingerprint density at radius 1 is 1.19 bits per heavy atom. The van der Waals surface area contributed by atoms with E-state index < -0.39 is 16.3 Å². The Morgan fingerprint density at radius 2 is 1.95 bits per heavy atom. The minimum atomic E-state index is -0.965. The van der Waals surface area contributed by atoms with Gasteiger partial charge in [0.25, 0.3) is 5.69 Å². The summed E-state index contributed by atoms with van der Waals surface area (Å²) in [4.78, 5) is 26.0. The molecule has 1 heterocycles. The van der Waals surface area contributed by atoms with Crippen molar-refractivity contribution in [1.82, 2.24) is 0 Å². The number of aryl methyl sites for hydroxylation is 1. The highest BCUT2D eigenvalue weighted by Crippen LogP contribution is 2.46. The number of nitro groups is 1. The van der Waals surface area contributed by atoms with Crippen molar-refractivity contribution >= 4 is 28.1 Å².